The van der Waals surface area contributed by atoms with E-state index in [1.165, 1.54) is 0 Å². The highest BCUT2D eigenvalue weighted by Gasteiger charge is 2.27. The van der Waals surface area contributed by atoms with E-state index in [9.17, 15) is 14.4 Å². The minimum atomic E-state index is -1.00. The summed E-state index contributed by atoms with van der Waals surface area (Å²) in [4.78, 5) is 36.1. The van der Waals surface area contributed by atoms with Gasteiger partial charge >= 0.3 is 0 Å². The Morgan fingerprint density at radius 2 is 1.73 bits per heavy atom. The van der Waals surface area contributed by atoms with E-state index in [-0.39, 0.29) is 12.3 Å². The molecule has 3 amide bonds. The highest BCUT2D eigenvalue weighted by molar-refractivity contribution is 6.59. The van der Waals surface area contributed by atoms with Crippen LogP contribution in [0, 0.1) is 16.7 Å². The molecule has 0 bridgehead atoms. The van der Waals surface area contributed by atoms with E-state index >= 15 is 0 Å². The van der Waals surface area contributed by atoms with Crippen molar-refractivity contribution in [1.29, 1.82) is 10.8 Å². The molecule has 8 heteroatoms. The Bertz CT molecular complexity index is 673. The van der Waals surface area contributed by atoms with Crippen molar-refractivity contribution < 1.29 is 14.4 Å². The molecule has 0 fully saturated rings. The van der Waals surface area contributed by atoms with Crippen molar-refractivity contribution in [2.75, 3.05) is 0 Å². The van der Waals surface area contributed by atoms with Gasteiger partial charge in [-0.3, -0.25) is 19.8 Å². The number of rotatable bonds is 10. The number of nitrogens with one attached hydrogen (secondary N) is 4. The first kappa shape index (κ1) is 21.0. The second kappa shape index (κ2) is 10.1. The number of carbonyl (C=O) groups is 3. The molecule has 8 nitrogen and oxygen atoms in total. The Labute approximate surface area is 152 Å². The summed E-state index contributed by atoms with van der Waals surface area (Å²) in [6, 6.07) is 7.18. The summed E-state index contributed by atoms with van der Waals surface area (Å²) in [7, 11) is 0. The fourth-order valence-corrected chi connectivity index (χ4v) is 2.35. The standard InChI is InChI=1S/C18H25N5O3/c1-11(2)8-14(16(21)24)22-18(26)15(23-17(25)13(20)10-19)9-12-6-4-3-5-7-12/h3-7,10-11,14-15,19-20H,8-9H2,1-2H3,(H2,21,24)(H,22,26)(H,23,25)/t14-,15?/m0/s1. The average Bonchev–Trinajstić information content (AvgIpc) is 2.60. The van der Waals surface area contributed by atoms with Crippen LogP contribution in [0.3, 0.4) is 0 Å². The van der Waals surface area contributed by atoms with E-state index in [0.29, 0.717) is 12.6 Å². The van der Waals surface area contributed by atoms with Crippen molar-refractivity contribution in [2.45, 2.75) is 38.8 Å². The molecule has 1 unspecified atom stereocenters. The molecule has 0 saturated carbocycles. The predicted octanol–water partition coefficient (Wildman–Crippen LogP) is 0.399. The first-order valence-electron chi connectivity index (χ1n) is 8.28. The van der Waals surface area contributed by atoms with E-state index in [1.54, 1.807) is 24.3 Å². The van der Waals surface area contributed by atoms with Crippen LogP contribution in [0.25, 0.3) is 0 Å². The molecule has 2 atom stereocenters. The molecule has 0 aliphatic heterocycles. The maximum atomic E-state index is 12.6. The third kappa shape index (κ3) is 6.84. The first-order valence-corrected chi connectivity index (χ1v) is 8.28. The van der Waals surface area contributed by atoms with Crippen molar-refractivity contribution >= 4 is 29.6 Å². The molecule has 0 aromatic heterocycles. The van der Waals surface area contributed by atoms with E-state index in [4.69, 9.17) is 16.6 Å². The summed E-state index contributed by atoms with van der Waals surface area (Å²) in [6.45, 7) is 3.80. The van der Waals surface area contributed by atoms with Gasteiger partial charge in [-0.1, -0.05) is 44.2 Å². The van der Waals surface area contributed by atoms with Crippen LogP contribution < -0.4 is 16.4 Å². The topological polar surface area (TPSA) is 149 Å². The van der Waals surface area contributed by atoms with Crippen molar-refractivity contribution in [3.63, 3.8) is 0 Å². The Balaban J connectivity index is 2.95. The molecule has 0 saturated heterocycles. The largest absolute Gasteiger partial charge is 0.368 e. The van der Waals surface area contributed by atoms with Gasteiger partial charge in [0.25, 0.3) is 5.91 Å². The SMILES string of the molecule is CC(C)C[C@H](NC(=O)C(Cc1ccccc1)NC(=O)C(=N)C=N)C(N)=O. The summed E-state index contributed by atoms with van der Waals surface area (Å²) in [5, 5.41) is 19.4. The molecule has 1 aromatic rings. The minimum Gasteiger partial charge on any atom is -0.368 e. The van der Waals surface area contributed by atoms with Gasteiger partial charge in [-0.05, 0) is 17.9 Å². The van der Waals surface area contributed by atoms with E-state index in [0.717, 1.165) is 5.56 Å². The van der Waals surface area contributed by atoms with E-state index in [1.807, 2.05) is 19.9 Å². The molecule has 26 heavy (non-hydrogen) atoms. The molecule has 1 rings (SSSR count). The van der Waals surface area contributed by atoms with Gasteiger partial charge in [0.05, 0.1) is 0 Å². The molecule has 6 N–H and O–H groups in total. The van der Waals surface area contributed by atoms with Crippen molar-refractivity contribution in [2.24, 2.45) is 11.7 Å². The zero-order valence-electron chi connectivity index (χ0n) is 14.9. The normalized spacial score (nSPS) is 12.7. The fraction of sp³-hybridized carbons (Fsp3) is 0.389. The molecule has 0 spiro atoms. The highest BCUT2D eigenvalue weighted by Crippen LogP contribution is 2.07. The lowest BCUT2D eigenvalue weighted by molar-refractivity contribution is -0.130. The number of benzene rings is 1. The summed E-state index contributed by atoms with van der Waals surface area (Å²) in [5.74, 6) is -1.91. The lowest BCUT2D eigenvalue weighted by Gasteiger charge is -2.23. The van der Waals surface area contributed by atoms with Crippen molar-refractivity contribution in [3.05, 3.63) is 35.9 Å². The van der Waals surface area contributed by atoms with Crippen molar-refractivity contribution in [1.82, 2.24) is 10.6 Å². The number of hydrogen-bond acceptors (Lipinski definition) is 5. The molecule has 0 aliphatic rings. The maximum absolute atomic E-state index is 12.6. The molecule has 0 heterocycles. The first-order chi connectivity index (χ1) is 12.2. The van der Waals surface area contributed by atoms with Crippen LogP contribution in [0.5, 0.6) is 0 Å². The Morgan fingerprint density at radius 3 is 2.23 bits per heavy atom. The van der Waals surface area contributed by atoms with Gasteiger partial charge in [-0.15, -0.1) is 0 Å². The van der Waals surface area contributed by atoms with Gasteiger partial charge in [0, 0.05) is 12.6 Å². The fourth-order valence-electron chi connectivity index (χ4n) is 2.35. The number of primary amides is 1. The Morgan fingerprint density at radius 1 is 1.12 bits per heavy atom. The van der Waals surface area contributed by atoms with Gasteiger partial charge in [0.1, 0.15) is 17.8 Å². The zero-order valence-corrected chi connectivity index (χ0v) is 14.9. The summed E-state index contributed by atoms with van der Waals surface area (Å²) >= 11 is 0. The third-order valence-electron chi connectivity index (χ3n) is 3.66. The molecular weight excluding hydrogens is 334 g/mol. The van der Waals surface area contributed by atoms with Crippen LogP contribution in [-0.2, 0) is 20.8 Å². The van der Waals surface area contributed by atoms with E-state index in [2.05, 4.69) is 10.6 Å². The van der Waals surface area contributed by atoms with Crippen LogP contribution >= 0.6 is 0 Å². The summed E-state index contributed by atoms with van der Waals surface area (Å²) in [6.07, 6.45) is 1.15. The quantitative estimate of drug-likeness (QED) is 0.385. The summed E-state index contributed by atoms with van der Waals surface area (Å²) < 4.78 is 0. The lowest BCUT2D eigenvalue weighted by atomic mass is 10.0. The second-order valence-electron chi connectivity index (χ2n) is 6.37. The van der Waals surface area contributed by atoms with Crippen LogP contribution in [0.15, 0.2) is 30.3 Å². The van der Waals surface area contributed by atoms with Crippen LogP contribution in [-0.4, -0.2) is 41.7 Å². The average molecular weight is 359 g/mol. The maximum Gasteiger partial charge on any atom is 0.271 e. The molecule has 1 aromatic carbocycles. The zero-order chi connectivity index (χ0) is 19.7. The smallest absolute Gasteiger partial charge is 0.271 e. The molecule has 140 valence electrons. The number of amides is 3. The monoisotopic (exact) mass is 359 g/mol. The predicted molar refractivity (Wildman–Crippen MR) is 99.2 cm³/mol. The minimum absolute atomic E-state index is 0.140. The molecule has 0 aliphatic carbocycles. The highest BCUT2D eigenvalue weighted by atomic mass is 16.2. The Kier molecular flexibility index (Phi) is 8.14. The molecular formula is C18H25N5O3. The van der Waals surface area contributed by atoms with Gasteiger partial charge in [-0.2, -0.15) is 0 Å². The second-order valence-corrected chi connectivity index (χ2v) is 6.37. The third-order valence-corrected chi connectivity index (χ3v) is 3.66. The van der Waals surface area contributed by atoms with Crippen LogP contribution in [0.4, 0.5) is 0 Å². The van der Waals surface area contributed by atoms with Crippen LogP contribution in [0.1, 0.15) is 25.8 Å². The lowest BCUT2D eigenvalue weighted by Crippen LogP contribution is -2.54. The number of hydrogen-bond donors (Lipinski definition) is 5. The van der Waals surface area contributed by atoms with Gasteiger partial charge < -0.3 is 21.8 Å². The number of nitrogens with two attached hydrogens (primary N) is 1. The van der Waals surface area contributed by atoms with Gasteiger partial charge in [0.15, 0.2) is 0 Å². The van der Waals surface area contributed by atoms with E-state index < -0.39 is 35.5 Å². The van der Waals surface area contributed by atoms with Crippen LogP contribution in [0.2, 0.25) is 0 Å². The van der Waals surface area contributed by atoms with Crippen molar-refractivity contribution in [3.8, 4) is 0 Å². The molecule has 0 radical (unpaired) electrons. The van der Waals surface area contributed by atoms with Gasteiger partial charge in [-0.25, -0.2) is 0 Å². The Hall–Kier alpha value is -3.03. The number of carbonyl (C=O) groups excluding carboxylic acids is 3. The van der Waals surface area contributed by atoms with Gasteiger partial charge in [0.2, 0.25) is 11.8 Å². The summed E-state index contributed by atoms with van der Waals surface area (Å²) in [5.41, 5.74) is 5.59.